The Morgan fingerprint density at radius 3 is 2.64 bits per heavy atom. The van der Waals surface area contributed by atoms with Crippen molar-refractivity contribution in [3.05, 3.63) is 30.3 Å². The summed E-state index contributed by atoms with van der Waals surface area (Å²) in [6.45, 7) is 5.31. The van der Waals surface area contributed by atoms with Crippen molar-refractivity contribution in [1.29, 1.82) is 0 Å². The molecule has 1 aromatic carbocycles. The number of pyridine rings is 1. The fourth-order valence-corrected chi connectivity index (χ4v) is 3.27. The summed E-state index contributed by atoms with van der Waals surface area (Å²) in [4.78, 5) is 15.8. The maximum absolute atomic E-state index is 5.93. The number of ether oxygens (including phenoxy) is 3. The van der Waals surface area contributed by atoms with Crippen molar-refractivity contribution in [2.45, 2.75) is 6.92 Å². The average Bonchev–Trinajstić information content (AvgIpc) is 2.74. The molecule has 3 heterocycles. The third-order valence-electron chi connectivity index (χ3n) is 4.61. The highest BCUT2D eigenvalue weighted by Crippen LogP contribution is 2.33. The van der Waals surface area contributed by atoms with E-state index in [1.807, 2.05) is 37.3 Å². The summed E-state index contributed by atoms with van der Waals surface area (Å²) in [7, 11) is 1.63. The predicted molar refractivity (Wildman–Crippen MR) is 108 cm³/mol. The molecule has 28 heavy (non-hydrogen) atoms. The lowest BCUT2D eigenvalue weighted by molar-refractivity contribution is 0.122. The SMILES string of the molecule is CCOc1ccc(-c2ccc3nc(N)nc(N4CCOCC4)c3n2)cc1OC. The Morgan fingerprint density at radius 1 is 1.07 bits per heavy atom. The van der Waals surface area contributed by atoms with Crippen molar-refractivity contribution in [2.75, 3.05) is 50.7 Å². The number of hydrogen-bond donors (Lipinski definition) is 1. The van der Waals surface area contributed by atoms with Crippen LogP contribution in [-0.2, 0) is 4.74 Å². The van der Waals surface area contributed by atoms with Crippen molar-refractivity contribution >= 4 is 22.8 Å². The molecule has 0 radical (unpaired) electrons. The van der Waals surface area contributed by atoms with Gasteiger partial charge in [-0.3, -0.25) is 0 Å². The Labute approximate surface area is 163 Å². The van der Waals surface area contributed by atoms with Crippen LogP contribution in [0.5, 0.6) is 11.5 Å². The van der Waals surface area contributed by atoms with Gasteiger partial charge in [0.25, 0.3) is 0 Å². The van der Waals surface area contributed by atoms with Gasteiger partial charge >= 0.3 is 0 Å². The Bertz CT molecular complexity index is 989. The molecule has 2 N–H and O–H groups in total. The van der Waals surface area contributed by atoms with Gasteiger partial charge in [-0.15, -0.1) is 0 Å². The number of nitrogens with two attached hydrogens (primary N) is 1. The number of hydrogen-bond acceptors (Lipinski definition) is 8. The minimum atomic E-state index is 0.242. The van der Waals surface area contributed by atoms with Crippen LogP contribution in [-0.4, -0.2) is 55.0 Å². The zero-order valence-corrected chi connectivity index (χ0v) is 16.0. The summed E-state index contributed by atoms with van der Waals surface area (Å²) in [5.74, 6) is 2.36. The third kappa shape index (κ3) is 3.50. The molecule has 1 fully saturated rings. The molecule has 0 amide bonds. The lowest BCUT2D eigenvalue weighted by Crippen LogP contribution is -2.37. The van der Waals surface area contributed by atoms with E-state index >= 15 is 0 Å². The monoisotopic (exact) mass is 381 g/mol. The molecule has 0 aliphatic carbocycles. The second-order valence-electron chi connectivity index (χ2n) is 6.37. The van der Waals surface area contributed by atoms with Gasteiger partial charge in [-0.2, -0.15) is 4.98 Å². The van der Waals surface area contributed by atoms with Crippen LogP contribution in [0.25, 0.3) is 22.3 Å². The summed E-state index contributed by atoms with van der Waals surface area (Å²) >= 11 is 0. The number of nitrogens with zero attached hydrogens (tertiary/aromatic N) is 4. The maximum atomic E-state index is 5.93. The van der Waals surface area contributed by atoms with E-state index in [1.165, 1.54) is 0 Å². The quantitative estimate of drug-likeness (QED) is 0.720. The predicted octanol–water partition coefficient (Wildman–Crippen LogP) is 2.52. The lowest BCUT2D eigenvalue weighted by Gasteiger charge is -2.28. The second-order valence-corrected chi connectivity index (χ2v) is 6.37. The van der Waals surface area contributed by atoms with Crippen molar-refractivity contribution in [2.24, 2.45) is 0 Å². The average molecular weight is 381 g/mol. The first kappa shape index (κ1) is 18.2. The topological polar surface area (TPSA) is 95.6 Å². The molecule has 1 saturated heterocycles. The van der Waals surface area contributed by atoms with Crippen LogP contribution in [0.4, 0.5) is 11.8 Å². The first-order valence-corrected chi connectivity index (χ1v) is 9.27. The highest BCUT2D eigenvalue weighted by molar-refractivity contribution is 5.88. The third-order valence-corrected chi connectivity index (χ3v) is 4.61. The van der Waals surface area contributed by atoms with Gasteiger partial charge in [-0.05, 0) is 37.3 Å². The number of morpholine rings is 1. The van der Waals surface area contributed by atoms with Crippen LogP contribution >= 0.6 is 0 Å². The number of aromatic nitrogens is 3. The van der Waals surface area contributed by atoms with Gasteiger partial charge in [0.1, 0.15) is 5.52 Å². The van der Waals surface area contributed by atoms with E-state index in [0.717, 1.165) is 41.2 Å². The molecular formula is C20H23N5O3. The molecule has 0 spiro atoms. The van der Waals surface area contributed by atoms with Crippen molar-refractivity contribution in [3.63, 3.8) is 0 Å². The molecule has 3 aromatic rings. The Hall–Kier alpha value is -3.13. The smallest absolute Gasteiger partial charge is 0.222 e. The number of nitrogen functional groups attached to an aromatic ring is 1. The van der Waals surface area contributed by atoms with Gasteiger partial charge in [0, 0.05) is 18.7 Å². The second kappa shape index (κ2) is 7.85. The Balaban J connectivity index is 1.79. The molecule has 4 rings (SSSR count). The Morgan fingerprint density at radius 2 is 1.89 bits per heavy atom. The first-order chi connectivity index (χ1) is 13.7. The van der Waals surface area contributed by atoms with Crippen molar-refractivity contribution < 1.29 is 14.2 Å². The molecule has 0 atom stereocenters. The van der Waals surface area contributed by atoms with Crippen LogP contribution in [0, 0.1) is 0 Å². The van der Waals surface area contributed by atoms with Gasteiger partial charge in [-0.1, -0.05) is 0 Å². The highest BCUT2D eigenvalue weighted by Gasteiger charge is 2.19. The number of benzene rings is 1. The van der Waals surface area contributed by atoms with Gasteiger partial charge in [0.2, 0.25) is 5.95 Å². The van der Waals surface area contributed by atoms with E-state index in [9.17, 15) is 0 Å². The number of anilines is 2. The minimum absolute atomic E-state index is 0.242. The molecule has 0 unspecified atom stereocenters. The molecule has 0 saturated carbocycles. The Kier molecular flexibility index (Phi) is 5.12. The minimum Gasteiger partial charge on any atom is -0.493 e. The van der Waals surface area contributed by atoms with Crippen LogP contribution in [0.15, 0.2) is 30.3 Å². The highest BCUT2D eigenvalue weighted by atomic mass is 16.5. The summed E-state index contributed by atoms with van der Waals surface area (Å²) in [5.41, 5.74) is 9.09. The number of rotatable bonds is 5. The van der Waals surface area contributed by atoms with E-state index in [0.29, 0.717) is 31.3 Å². The summed E-state index contributed by atoms with van der Waals surface area (Å²) in [5, 5.41) is 0. The van der Waals surface area contributed by atoms with Crippen LogP contribution < -0.4 is 20.1 Å². The van der Waals surface area contributed by atoms with Gasteiger partial charge in [0.05, 0.1) is 38.1 Å². The lowest BCUT2D eigenvalue weighted by atomic mass is 10.1. The zero-order chi connectivity index (χ0) is 19.5. The molecule has 1 aliphatic heterocycles. The standard InChI is InChI=1S/C20H23N5O3/c1-3-28-16-7-4-13(12-17(16)26-2)14-5-6-15-18(22-14)19(24-20(21)23-15)25-8-10-27-11-9-25/h4-7,12H,3,8-11H2,1-2H3,(H2,21,23,24). The summed E-state index contributed by atoms with van der Waals surface area (Å²) in [6.07, 6.45) is 0. The number of fused-ring (bicyclic) bond motifs is 1. The maximum Gasteiger partial charge on any atom is 0.222 e. The van der Waals surface area contributed by atoms with Gasteiger partial charge < -0.3 is 24.8 Å². The van der Waals surface area contributed by atoms with Crippen molar-refractivity contribution in [3.8, 4) is 22.8 Å². The first-order valence-electron chi connectivity index (χ1n) is 9.27. The normalized spacial score (nSPS) is 14.3. The van der Waals surface area contributed by atoms with Crippen LogP contribution in [0.2, 0.25) is 0 Å². The van der Waals surface area contributed by atoms with E-state index in [1.54, 1.807) is 7.11 Å². The van der Waals surface area contributed by atoms with Crippen molar-refractivity contribution in [1.82, 2.24) is 15.0 Å². The van der Waals surface area contributed by atoms with Crippen LogP contribution in [0.1, 0.15) is 6.92 Å². The molecular weight excluding hydrogens is 358 g/mol. The van der Waals surface area contributed by atoms with E-state index in [4.69, 9.17) is 24.9 Å². The van der Waals surface area contributed by atoms with E-state index in [2.05, 4.69) is 14.9 Å². The fourth-order valence-electron chi connectivity index (χ4n) is 3.27. The van der Waals surface area contributed by atoms with Gasteiger partial charge in [0.15, 0.2) is 17.3 Å². The van der Waals surface area contributed by atoms with E-state index in [-0.39, 0.29) is 5.95 Å². The van der Waals surface area contributed by atoms with Gasteiger partial charge in [-0.25, -0.2) is 9.97 Å². The molecule has 1 aliphatic rings. The summed E-state index contributed by atoms with van der Waals surface area (Å²) in [6, 6.07) is 9.63. The molecule has 0 bridgehead atoms. The zero-order valence-electron chi connectivity index (χ0n) is 16.0. The summed E-state index contributed by atoms with van der Waals surface area (Å²) < 4.78 is 16.5. The fraction of sp³-hybridized carbons (Fsp3) is 0.350. The molecule has 146 valence electrons. The van der Waals surface area contributed by atoms with E-state index < -0.39 is 0 Å². The molecule has 8 nitrogen and oxygen atoms in total. The largest absolute Gasteiger partial charge is 0.493 e. The molecule has 8 heteroatoms. The van der Waals surface area contributed by atoms with Crippen LogP contribution in [0.3, 0.4) is 0 Å². The molecule has 2 aromatic heterocycles. The number of methoxy groups -OCH3 is 1.